The van der Waals surface area contributed by atoms with E-state index in [9.17, 15) is 18.0 Å². The van der Waals surface area contributed by atoms with Gasteiger partial charge in [0.25, 0.3) is 11.8 Å². The number of aryl methyl sites for hydroxylation is 1. The monoisotopic (exact) mass is 433 g/mol. The molecule has 0 aliphatic rings. The van der Waals surface area contributed by atoms with Crippen LogP contribution in [-0.4, -0.2) is 28.8 Å². The zero-order valence-electron chi connectivity index (χ0n) is 17.3. The van der Waals surface area contributed by atoms with Crippen molar-refractivity contribution >= 4 is 11.6 Å². The summed E-state index contributed by atoms with van der Waals surface area (Å²) in [6, 6.07) is 11.6. The maximum atomic E-state index is 12.8. The van der Waals surface area contributed by atoms with Crippen molar-refractivity contribution in [2.75, 3.05) is 11.9 Å². The minimum Gasteiger partial charge on any atom is -0.367 e. The number of carbonyl (C=O) groups excluding carboxylic acids is 1. The summed E-state index contributed by atoms with van der Waals surface area (Å²) in [6.07, 6.45) is -4.38. The first-order valence-electron chi connectivity index (χ1n) is 9.62. The van der Waals surface area contributed by atoms with E-state index in [0.29, 0.717) is 34.1 Å². The van der Waals surface area contributed by atoms with Gasteiger partial charge in [-0.05, 0) is 36.2 Å². The molecule has 0 unspecified atom stereocenters. The normalized spacial score (nSPS) is 11.7. The number of aromatic nitrogens is 2. The van der Waals surface area contributed by atoms with Crippen LogP contribution < -0.4 is 5.32 Å². The van der Waals surface area contributed by atoms with E-state index in [0.717, 1.165) is 5.56 Å². The number of alkyl halides is 3. The van der Waals surface area contributed by atoms with E-state index < -0.39 is 12.8 Å². The molecular formula is C22H22F3N3O3. The lowest BCUT2D eigenvalue weighted by atomic mass is 10.1. The summed E-state index contributed by atoms with van der Waals surface area (Å²) in [6.45, 7) is 4.23. The van der Waals surface area contributed by atoms with Crippen LogP contribution in [0.4, 0.5) is 18.9 Å². The highest BCUT2D eigenvalue weighted by molar-refractivity contribution is 6.06. The first-order chi connectivity index (χ1) is 14.6. The number of carbonyl (C=O) groups is 1. The second-order valence-corrected chi connectivity index (χ2v) is 7.37. The van der Waals surface area contributed by atoms with Gasteiger partial charge in [0.15, 0.2) is 5.82 Å². The van der Waals surface area contributed by atoms with Crippen LogP contribution in [0.5, 0.6) is 0 Å². The van der Waals surface area contributed by atoms with E-state index in [1.165, 1.54) is 12.1 Å². The summed E-state index contributed by atoms with van der Waals surface area (Å²) in [7, 11) is 0. The van der Waals surface area contributed by atoms with E-state index in [2.05, 4.69) is 20.2 Å². The molecule has 1 aromatic heterocycles. The summed E-state index contributed by atoms with van der Waals surface area (Å²) < 4.78 is 46.5. The number of nitrogens with zero attached hydrogens (tertiary/aromatic N) is 2. The van der Waals surface area contributed by atoms with Crippen LogP contribution in [-0.2, 0) is 11.3 Å². The fraction of sp³-hybridized carbons (Fsp3) is 0.318. The molecule has 0 fully saturated rings. The quantitative estimate of drug-likeness (QED) is 0.532. The van der Waals surface area contributed by atoms with E-state index >= 15 is 0 Å². The molecule has 0 spiro atoms. The fourth-order valence-electron chi connectivity index (χ4n) is 2.81. The molecule has 1 amide bonds. The minimum atomic E-state index is -4.38. The van der Waals surface area contributed by atoms with Gasteiger partial charge in [-0.1, -0.05) is 43.3 Å². The van der Waals surface area contributed by atoms with Gasteiger partial charge in [-0.3, -0.25) is 4.79 Å². The summed E-state index contributed by atoms with van der Waals surface area (Å²) in [5.41, 5.74) is 2.84. The van der Waals surface area contributed by atoms with Crippen molar-refractivity contribution in [1.82, 2.24) is 10.1 Å². The van der Waals surface area contributed by atoms with Gasteiger partial charge in [-0.15, -0.1) is 0 Å². The Kier molecular flexibility index (Phi) is 6.74. The molecule has 0 aliphatic heterocycles. The summed E-state index contributed by atoms with van der Waals surface area (Å²) in [4.78, 5) is 17.2. The lowest BCUT2D eigenvalue weighted by Crippen LogP contribution is -2.17. The predicted molar refractivity (Wildman–Crippen MR) is 109 cm³/mol. The highest BCUT2D eigenvalue weighted by Crippen LogP contribution is 2.31. The van der Waals surface area contributed by atoms with Crippen molar-refractivity contribution < 1.29 is 27.2 Å². The zero-order chi connectivity index (χ0) is 22.6. The lowest BCUT2D eigenvalue weighted by molar-refractivity contribution is -0.176. The number of ether oxygens (including phenoxy) is 1. The third-order valence-electron chi connectivity index (χ3n) is 4.45. The smallest absolute Gasteiger partial charge is 0.367 e. The predicted octanol–water partition coefficient (Wildman–Crippen LogP) is 5.50. The Labute approximate surface area is 177 Å². The summed E-state index contributed by atoms with van der Waals surface area (Å²) >= 11 is 0. The SMILES string of the molecule is Cc1cccc(-c2nc(C(C)C)no2)c1NC(=O)c1ccc(COCC(F)(F)F)cc1. The molecule has 0 saturated heterocycles. The molecule has 0 aliphatic carbocycles. The fourth-order valence-corrected chi connectivity index (χ4v) is 2.81. The summed E-state index contributed by atoms with van der Waals surface area (Å²) in [5.74, 6) is 0.595. The molecule has 0 atom stereocenters. The minimum absolute atomic E-state index is 0.0963. The topological polar surface area (TPSA) is 77.3 Å². The van der Waals surface area contributed by atoms with Crippen LogP contribution in [0, 0.1) is 6.92 Å². The Morgan fingerprint density at radius 1 is 1.16 bits per heavy atom. The van der Waals surface area contributed by atoms with Gasteiger partial charge in [0, 0.05) is 11.5 Å². The van der Waals surface area contributed by atoms with Gasteiger partial charge in [0.2, 0.25) is 0 Å². The second kappa shape index (κ2) is 9.30. The molecule has 9 heteroatoms. The van der Waals surface area contributed by atoms with Crippen molar-refractivity contribution in [3.05, 3.63) is 65.0 Å². The van der Waals surface area contributed by atoms with Crippen LogP contribution in [0.2, 0.25) is 0 Å². The molecule has 1 N–H and O–H groups in total. The first-order valence-corrected chi connectivity index (χ1v) is 9.62. The number of para-hydroxylation sites is 1. The molecule has 2 aromatic carbocycles. The van der Waals surface area contributed by atoms with Gasteiger partial charge in [-0.25, -0.2) is 0 Å². The molecule has 3 rings (SSSR count). The largest absolute Gasteiger partial charge is 0.411 e. The lowest BCUT2D eigenvalue weighted by Gasteiger charge is -2.12. The van der Waals surface area contributed by atoms with Gasteiger partial charge in [0.05, 0.1) is 17.9 Å². The number of hydrogen-bond donors (Lipinski definition) is 1. The molecule has 1 heterocycles. The summed E-state index contributed by atoms with van der Waals surface area (Å²) in [5, 5.41) is 6.84. The number of amides is 1. The highest BCUT2D eigenvalue weighted by Gasteiger charge is 2.27. The Bertz CT molecular complexity index is 1040. The number of rotatable bonds is 7. The molecule has 0 bridgehead atoms. The molecule has 3 aromatic rings. The second-order valence-electron chi connectivity index (χ2n) is 7.37. The molecule has 164 valence electrons. The maximum absolute atomic E-state index is 12.8. The van der Waals surface area contributed by atoms with Gasteiger partial charge >= 0.3 is 6.18 Å². The van der Waals surface area contributed by atoms with Crippen molar-refractivity contribution in [2.24, 2.45) is 0 Å². The van der Waals surface area contributed by atoms with Crippen LogP contribution in [0.3, 0.4) is 0 Å². The van der Waals surface area contributed by atoms with Gasteiger partial charge in [-0.2, -0.15) is 18.2 Å². The van der Waals surface area contributed by atoms with E-state index in [4.69, 9.17) is 4.52 Å². The average molecular weight is 433 g/mol. The van der Waals surface area contributed by atoms with Crippen LogP contribution in [0.25, 0.3) is 11.5 Å². The van der Waals surface area contributed by atoms with Crippen molar-refractivity contribution in [3.8, 4) is 11.5 Å². The number of nitrogens with one attached hydrogen (secondary N) is 1. The van der Waals surface area contributed by atoms with E-state index in [1.807, 2.05) is 32.9 Å². The van der Waals surface area contributed by atoms with Crippen molar-refractivity contribution in [2.45, 2.75) is 39.5 Å². The molecule has 6 nitrogen and oxygen atoms in total. The zero-order valence-corrected chi connectivity index (χ0v) is 17.3. The Hall–Kier alpha value is -3.20. The van der Waals surface area contributed by atoms with Gasteiger partial charge < -0.3 is 14.6 Å². The number of anilines is 1. The molecule has 0 saturated carbocycles. The highest BCUT2D eigenvalue weighted by atomic mass is 19.4. The Balaban J connectivity index is 1.74. The third-order valence-corrected chi connectivity index (χ3v) is 4.45. The standard InChI is InChI=1S/C22H22F3N3O3/c1-13(2)19-27-21(31-28-19)17-6-4-5-14(3)18(17)26-20(29)16-9-7-15(8-10-16)11-30-12-22(23,24)25/h4-10,13H,11-12H2,1-3H3,(H,26,29). The molecule has 31 heavy (non-hydrogen) atoms. The van der Waals surface area contributed by atoms with E-state index in [1.54, 1.807) is 18.2 Å². The number of benzene rings is 2. The first kappa shape index (κ1) is 22.5. The average Bonchev–Trinajstić information content (AvgIpc) is 3.19. The molecular weight excluding hydrogens is 411 g/mol. The van der Waals surface area contributed by atoms with Crippen molar-refractivity contribution in [1.29, 1.82) is 0 Å². The Morgan fingerprint density at radius 2 is 1.87 bits per heavy atom. The van der Waals surface area contributed by atoms with Gasteiger partial charge in [0.1, 0.15) is 6.61 Å². The maximum Gasteiger partial charge on any atom is 0.411 e. The van der Waals surface area contributed by atoms with Crippen molar-refractivity contribution in [3.63, 3.8) is 0 Å². The third kappa shape index (κ3) is 5.91. The van der Waals surface area contributed by atoms with Crippen LogP contribution in [0.1, 0.15) is 47.1 Å². The van der Waals surface area contributed by atoms with Crippen LogP contribution >= 0.6 is 0 Å². The number of hydrogen-bond acceptors (Lipinski definition) is 5. The van der Waals surface area contributed by atoms with E-state index in [-0.39, 0.29) is 18.4 Å². The molecule has 0 radical (unpaired) electrons. The van der Waals surface area contributed by atoms with Crippen LogP contribution in [0.15, 0.2) is 47.0 Å². The number of halogens is 3. The Morgan fingerprint density at radius 3 is 2.48 bits per heavy atom.